The monoisotopic (exact) mass is 448 g/mol. The van der Waals surface area contributed by atoms with Gasteiger partial charge in [-0.3, -0.25) is 0 Å². The summed E-state index contributed by atoms with van der Waals surface area (Å²) >= 11 is 7.60. The molecule has 1 atom stereocenters. The summed E-state index contributed by atoms with van der Waals surface area (Å²) in [7, 11) is 0. The molecular formula is C26H23ClNO2S+. The molecule has 0 aliphatic carbocycles. The van der Waals surface area contributed by atoms with Crippen LogP contribution in [-0.2, 0) is 6.54 Å². The summed E-state index contributed by atoms with van der Waals surface area (Å²) in [5.74, 6) is 0.740. The average Bonchev–Trinajstić information content (AvgIpc) is 2.81. The van der Waals surface area contributed by atoms with Crippen LogP contribution in [0.4, 0.5) is 0 Å². The number of nitrogens with zero attached hydrogens (tertiary/aromatic N) is 1. The SMILES string of the molecule is OC(COc1ccc(Sc2ccc(Cl)cc2)cc1)C[n+]1ccc(-c2ccccc2)cc1. The quantitative estimate of drug-likeness (QED) is 0.341. The van der Waals surface area contributed by atoms with Crippen LogP contribution in [0, 0.1) is 0 Å². The minimum atomic E-state index is -0.601. The second-order valence-electron chi connectivity index (χ2n) is 7.14. The fourth-order valence-corrected chi connectivity index (χ4v) is 4.08. The van der Waals surface area contributed by atoms with E-state index in [4.69, 9.17) is 16.3 Å². The van der Waals surface area contributed by atoms with Gasteiger partial charge in [0.1, 0.15) is 18.5 Å². The van der Waals surface area contributed by atoms with E-state index in [0.717, 1.165) is 26.1 Å². The van der Waals surface area contributed by atoms with Crippen molar-refractivity contribution in [3.63, 3.8) is 0 Å². The van der Waals surface area contributed by atoms with E-state index in [0.29, 0.717) is 6.54 Å². The molecule has 0 saturated heterocycles. The van der Waals surface area contributed by atoms with Gasteiger partial charge in [-0.05, 0) is 59.7 Å². The predicted octanol–water partition coefficient (Wildman–Crippen LogP) is 5.89. The number of aliphatic hydroxyl groups is 1. The number of aromatic nitrogens is 1. The van der Waals surface area contributed by atoms with Gasteiger partial charge in [0.05, 0.1) is 0 Å². The van der Waals surface area contributed by atoms with Gasteiger partial charge in [-0.2, -0.15) is 0 Å². The molecule has 0 spiro atoms. The largest absolute Gasteiger partial charge is 0.491 e. The first-order valence-corrected chi connectivity index (χ1v) is 11.2. The van der Waals surface area contributed by atoms with E-state index in [2.05, 4.69) is 24.3 Å². The van der Waals surface area contributed by atoms with Gasteiger partial charge in [0, 0.05) is 26.9 Å². The first-order chi connectivity index (χ1) is 15.2. The Morgan fingerprint density at radius 1 is 0.774 bits per heavy atom. The van der Waals surface area contributed by atoms with Crippen LogP contribution in [0.3, 0.4) is 0 Å². The lowest BCUT2D eigenvalue weighted by Gasteiger charge is -2.11. The molecule has 1 N–H and O–H groups in total. The van der Waals surface area contributed by atoms with Crippen molar-refractivity contribution in [3.05, 3.63) is 108 Å². The van der Waals surface area contributed by atoms with Crippen molar-refractivity contribution in [2.75, 3.05) is 6.61 Å². The van der Waals surface area contributed by atoms with Gasteiger partial charge in [-0.1, -0.05) is 53.7 Å². The summed E-state index contributed by atoms with van der Waals surface area (Å²) in [6, 6.07) is 30.0. The molecule has 0 aliphatic heterocycles. The number of hydrogen-bond donors (Lipinski definition) is 1. The zero-order chi connectivity index (χ0) is 21.5. The van der Waals surface area contributed by atoms with Crippen molar-refractivity contribution in [2.45, 2.75) is 22.4 Å². The summed E-state index contributed by atoms with van der Waals surface area (Å²) in [6.07, 6.45) is 3.36. The van der Waals surface area contributed by atoms with E-state index < -0.39 is 6.10 Å². The van der Waals surface area contributed by atoms with E-state index in [9.17, 15) is 5.11 Å². The molecule has 3 aromatic carbocycles. The third-order valence-corrected chi connectivity index (χ3v) is 6.00. The summed E-state index contributed by atoms with van der Waals surface area (Å²) in [5.41, 5.74) is 2.33. The van der Waals surface area contributed by atoms with Gasteiger partial charge in [0.25, 0.3) is 0 Å². The lowest BCUT2D eigenvalue weighted by molar-refractivity contribution is -0.703. The molecule has 0 aliphatic rings. The molecule has 0 radical (unpaired) electrons. The fourth-order valence-electron chi connectivity index (χ4n) is 3.13. The van der Waals surface area contributed by atoms with E-state index in [-0.39, 0.29) is 6.61 Å². The lowest BCUT2D eigenvalue weighted by atomic mass is 10.1. The molecule has 1 unspecified atom stereocenters. The van der Waals surface area contributed by atoms with Crippen LogP contribution in [0.5, 0.6) is 5.75 Å². The highest BCUT2D eigenvalue weighted by Gasteiger charge is 2.12. The molecule has 3 nitrogen and oxygen atoms in total. The minimum absolute atomic E-state index is 0.233. The molecular weight excluding hydrogens is 426 g/mol. The van der Waals surface area contributed by atoms with Gasteiger partial charge in [-0.15, -0.1) is 0 Å². The van der Waals surface area contributed by atoms with Crippen LogP contribution in [0.25, 0.3) is 11.1 Å². The molecule has 1 aromatic heterocycles. The molecule has 31 heavy (non-hydrogen) atoms. The molecule has 5 heteroatoms. The Morgan fingerprint density at radius 3 is 2.00 bits per heavy atom. The zero-order valence-electron chi connectivity index (χ0n) is 16.9. The zero-order valence-corrected chi connectivity index (χ0v) is 18.5. The standard InChI is InChI=1S/C26H23ClNO2S/c27-22-6-10-25(11-7-22)31-26-12-8-24(9-13-26)30-19-23(29)18-28-16-14-21(15-17-28)20-4-2-1-3-5-20/h1-17,23,29H,18-19H2/q+1. The van der Waals surface area contributed by atoms with Crippen LogP contribution in [0.1, 0.15) is 0 Å². The maximum absolute atomic E-state index is 10.4. The summed E-state index contributed by atoms with van der Waals surface area (Å²) < 4.78 is 7.73. The molecule has 0 bridgehead atoms. The third kappa shape index (κ3) is 6.34. The van der Waals surface area contributed by atoms with Crippen LogP contribution in [0.2, 0.25) is 5.02 Å². The van der Waals surface area contributed by atoms with Gasteiger partial charge < -0.3 is 9.84 Å². The fraction of sp³-hybridized carbons (Fsp3) is 0.115. The van der Waals surface area contributed by atoms with Crippen molar-refractivity contribution in [3.8, 4) is 16.9 Å². The Kier molecular flexibility index (Phi) is 7.26. The molecule has 0 amide bonds. The van der Waals surface area contributed by atoms with E-state index in [1.54, 1.807) is 11.8 Å². The van der Waals surface area contributed by atoms with Gasteiger partial charge in [0.15, 0.2) is 18.9 Å². The Hall–Kier alpha value is -2.79. The topological polar surface area (TPSA) is 33.3 Å². The number of pyridine rings is 1. The van der Waals surface area contributed by atoms with Gasteiger partial charge >= 0.3 is 0 Å². The summed E-state index contributed by atoms with van der Waals surface area (Å²) in [6.45, 7) is 0.705. The molecule has 0 saturated carbocycles. The van der Waals surface area contributed by atoms with E-state index in [1.807, 2.05) is 83.7 Å². The number of aliphatic hydroxyl groups excluding tert-OH is 1. The second-order valence-corrected chi connectivity index (χ2v) is 8.73. The number of benzene rings is 3. The molecule has 1 heterocycles. The lowest BCUT2D eigenvalue weighted by Crippen LogP contribution is -2.41. The highest BCUT2D eigenvalue weighted by atomic mass is 35.5. The Balaban J connectivity index is 1.26. The van der Waals surface area contributed by atoms with Crippen molar-refractivity contribution < 1.29 is 14.4 Å². The van der Waals surface area contributed by atoms with Gasteiger partial charge in [-0.25, -0.2) is 4.57 Å². The summed E-state index contributed by atoms with van der Waals surface area (Å²) in [4.78, 5) is 2.24. The molecule has 4 rings (SSSR count). The number of rotatable bonds is 8. The third-order valence-electron chi connectivity index (χ3n) is 4.74. The Bertz CT molecular complexity index is 1090. The second kappa shape index (κ2) is 10.5. The maximum atomic E-state index is 10.4. The van der Waals surface area contributed by atoms with Crippen LogP contribution in [0.15, 0.2) is 113 Å². The average molecular weight is 449 g/mol. The normalized spacial score (nSPS) is 11.8. The summed E-state index contributed by atoms with van der Waals surface area (Å²) in [5, 5.41) is 11.1. The van der Waals surface area contributed by atoms with Crippen molar-refractivity contribution in [1.29, 1.82) is 0 Å². The van der Waals surface area contributed by atoms with Crippen LogP contribution < -0.4 is 9.30 Å². The number of halogens is 1. The Labute approximate surface area is 191 Å². The van der Waals surface area contributed by atoms with Crippen molar-refractivity contribution in [2.24, 2.45) is 0 Å². The van der Waals surface area contributed by atoms with Crippen LogP contribution in [-0.4, -0.2) is 17.8 Å². The van der Waals surface area contributed by atoms with Gasteiger partial charge in [0.2, 0.25) is 0 Å². The highest BCUT2D eigenvalue weighted by molar-refractivity contribution is 7.99. The molecule has 4 aromatic rings. The predicted molar refractivity (Wildman–Crippen MR) is 126 cm³/mol. The van der Waals surface area contributed by atoms with Crippen molar-refractivity contribution >= 4 is 23.4 Å². The van der Waals surface area contributed by atoms with Crippen molar-refractivity contribution in [1.82, 2.24) is 0 Å². The Morgan fingerprint density at radius 2 is 1.35 bits per heavy atom. The number of hydrogen-bond acceptors (Lipinski definition) is 3. The smallest absolute Gasteiger partial charge is 0.177 e. The van der Waals surface area contributed by atoms with E-state index >= 15 is 0 Å². The molecule has 156 valence electrons. The first kappa shape index (κ1) is 21.4. The minimum Gasteiger partial charge on any atom is -0.491 e. The highest BCUT2D eigenvalue weighted by Crippen LogP contribution is 2.29. The van der Waals surface area contributed by atoms with Crippen LogP contribution >= 0.6 is 23.4 Å². The van der Waals surface area contributed by atoms with E-state index in [1.165, 1.54) is 5.56 Å². The number of ether oxygens (including phenoxy) is 1. The maximum Gasteiger partial charge on any atom is 0.177 e. The molecule has 0 fully saturated rings. The first-order valence-electron chi connectivity index (χ1n) is 10.0.